The van der Waals surface area contributed by atoms with E-state index < -0.39 is 0 Å². The van der Waals surface area contributed by atoms with Gasteiger partial charge in [-0.2, -0.15) is 0 Å². The van der Waals surface area contributed by atoms with Crippen LogP contribution in [0.25, 0.3) is 0 Å². The molecule has 0 saturated carbocycles. The molecule has 0 fully saturated rings. The lowest BCUT2D eigenvalue weighted by atomic mass is 9.98. The normalized spacial score (nSPS) is 20.5. The first-order valence-corrected chi connectivity index (χ1v) is 6.43. The van der Waals surface area contributed by atoms with Gasteiger partial charge >= 0.3 is 0 Å². The quantitative estimate of drug-likeness (QED) is 0.822. The molecular weight excluding hydrogens is 214 g/mol. The Hall–Kier alpha value is -1.06. The predicted molar refractivity (Wildman–Crippen MR) is 68.2 cm³/mol. The molecule has 0 radical (unpaired) electrons. The zero-order chi connectivity index (χ0) is 12.1. The van der Waals surface area contributed by atoms with Crippen molar-refractivity contribution in [1.29, 1.82) is 0 Å². The van der Waals surface area contributed by atoms with Crippen LogP contribution in [0.3, 0.4) is 0 Å². The molecule has 1 aliphatic heterocycles. The first-order valence-electron chi connectivity index (χ1n) is 6.43. The minimum atomic E-state index is 0.246. The molecule has 0 amide bonds. The summed E-state index contributed by atoms with van der Waals surface area (Å²) in [6.45, 7) is 3.17. The third kappa shape index (κ3) is 2.99. The SMILES string of the molecule is CCC(CCO)NC1CCOc2ccccc21. The molecule has 3 nitrogen and oxygen atoms in total. The van der Waals surface area contributed by atoms with Crippen molar-refractivity contribution in [3.05, 3.63) is 29.8 Å². The highest BCUT2D eigenvalue weighted by Crippen LogP contribution is 2.32. The second kappa shape index (κ2) is 6.03. The summed E-state index contributed by atoms with van der Waals surface area (Å²) in [5.41, 5.74) is 1.25. The Kier molecular flexibility index (Phi) is 4.40. The number of hydrogen-bond donors (Lipinski definition) is 2. The van der Waals surface area contributed by atoms with Crippen molar-refractivity contribution in [2.75, 3.05) is 13.2 Å². The smallest absolute Gasteiger partial charge is 0.124 e. The molecule has 0 aromatic heterocycles. The molecule has 2 atom stereocenters. The van der Waals surface area contributed by atoms with Crippen molar-refractivity contribution in [3.8, 4) is 5.75 Å². The number of aliphatic hydroxyl groups excluding tert-OH is 1. The zero-order valence-corrected chi connectivity index (χ0v) is 10.4. The number of fused-ring (bicyclic) bond motifs is 1. The van der Waals surface area contributed by atoms with Gasteiger partial charge in [0.25, 0.3) is 0 Å². The molecule has 2 rings (SSSR count). The third-order valence-electron chi connectivity index (χ3n) is 3.37. The summed E-state index contributed by atoms with van der Waals surface area (Å²) in [6.07, 6.45) is 2.86. The van der Waals surface area contributed by atoms with E-state index >= 15 is 0 Å². The average Bonchev–Trinajstić information content (AvgIpc) is 2.38. The Bertz CT molecular complexity index is 354. The molecule has 0 aliphatic carbocycles. The van der Waals surface area contributed by atoms with Gasteiger partial charge in [0, 0.05) is 30.7 Å². The Morgan fingerprint density at radius 1 is 1.47 bits per heavy atom. The van der Waals surface area contributed by atoms with E-state index in [1.54, 1.807) is 0 Å². The second-order valence-corrected chi connectivity index (χ2v) is 4.51. The molecule has 1 aromatic carbocycles. The molecule has 2 N–H and O–H groups in total. The fourth-order valence-corrected chi connectivity index (χ4v) is 2.36. The van der Waals surface area contributed by atoms with Gasteiger partial charge < -0.3 is 15.2 Å². The van der Waals surface area contributed by atoms with E-state index in [2.05, 4.69) is 24.4 Å². The summed E-state index contributed by atoms with van der Waals surface area (Å²) in [4.78, 5) is 0. The number of para-hydroxylation sites is 1. The van der Waals surface area contributed by atoms with Crippen LogP contribution in [-0.4, -0.2) is 24.4 Å². The minimum Gasteiger partial charge on any atom is -0.493 e. The molecule has 1 aliphatic rings. The number of hydrogen-bond acceptors (Lipinski definition) is 3. The molecule has 2 unspecified atom stereocenters. The van der Waals surface area contributed by atoms with E-state index in [0.717, 1.165) is 31.6 Å². The molecule has 17 heavy (non-hydrogen) atoms. The van der Waals surface area contributed by atoms with Gasteiger partial charge in [0.05, 0.1) is 6.61 Å². The van der Waals surface area contributed by atoms with Gasteiger partial charge in [-0.3, -0.25) is 0 Å². The zero-order valence-electron chi connectivity index (χ0n) is 10.4. The standard InChI is InChI=1S/C14H21NO2/c1-2-11(7-9-16)15-13-8-10-17-14-6-4-3-5-12(13)14/h3-6,11,13,15-16H,2,7-10H2,1H3. The maximum absolute atomic E-state index is 9.03. The number of nitrogens with one attached hydrogen (secondary N) is 1. The average molecular weight is 235 g/mol. The van der Waals surface area contributed by atoms with Crippen LogP contribution in [0.15, 0.2) is 24.3 Å². The van der Waals surface area contributed by atoms with Gasteiger partial charge in [-0.1, -0.05) is 25.1 Å². The van der Waals surface area contributed by atoms with E-state index in [4.69, 9.17) is 9.84 Å². The van der Waals surface area contributed by atoms with Crippen molar-refractivity contribution in [2.45, 2.75) is 38.3 Å². The summed E-state index contributed by atoms with van der Waals surface area (Å²) in [7, 11) is 0. The monoisotopic (exact) mass is 235 g/mol. The molecule has 0 bridgehead atoms. The fourth-order valence-electron chi connectivity index (χ4n) is 2.36. The van der Waals surface area contributed by atoms with Crippen molar-refractivity contribution in [2.24, 2.45) is 0 Å². The van der Waals surface area contributed by atoms with Crippen LogP contribution in [0.1, 0.15) is 37.8 Å². The Balaban J connectivity index is 2.07. The predicted octanol–water partition coefficient (Wildman–Crippen LogP) is 2.26. The highest BCUT2D eigenvalue weighted by molar-refractivity contribution is 5.37. The Labute approximate surface area is 103 Å². The molecule has 0 spiro atoms. The van der Waals surface area contributed by atoms with E-state index in [1.807, 2.05) is 12.1 Å². The van der Waals surface area contributed by atoms with Crippen LogP contribution in [0, 0.1) is 0 Å². The van der Waals surface area contributed by atoms with Crippen LogP contribution >= 0.6 is 0 Å². The van der Waals surface area contributed by atoms with Crippen molar-refractivity contribution >= 4 is 0 Å². The number of ether oxygens (including phenoxy) is 1. The highest BCUT2D eigenvalue weighted by Gasteiger charge is 2.22. The molecule has 1 heterocycles. The Morgan fingerprint density at radius 3 is 3.06 bits per heavy atom. The lowest BCUT2D eigenvalue weighted by Gasteiger charge is -2.30. The van der Waals surface area contributed by atoms with Gasteiger partial charge in [-0.15, -0.1) is 0 Å². The van der Waals surface area contributed by atoms with Gasteiger partial charge in [-0.05, 0) is 18.9 Å². The van der Waals surface area contributed by atoms with Crippen molar-refractivity contribution < 1.29 is 9.84 Å². The summed E-state index contributed by atoms with van der Waals surface area (Å²) in [6, 6.07) is 8.95. The minimum absolute atomic E-state index is 0.246. The summed E-state index contributed by atoms with van der Waals surface area (Å²) < 4.78 is 5.64. The number of aliphatic hydroxyl groups is 1. The van der Waals surface area contributed by atoms with E-state index in [0.29, 0.717) is 12.1 Å². The van der Waals surface area contributed by atoms with Gasteiger partial charge in [-0.25, -0.2) is 0 Å². The number of benzene rings is 1. The Morgan fingerprint density at radius 2 is 2.29 bits per heavy atom. The van der Waals surface area contributed by atoms with Crippen LogP contribution < -0.4 is 10.1 Å². The lowest BCUT2D eigenvalue weighted by molar-refractivity contribution is 0.222. The van der Waals surface area contributed by atoms with E-state index in [1.165, 1.54) is 5.56 Å². The fraction of sp³-hybridized carbons (Fsp3) is 0.571. The van der Waals surface area contributed by atoms with Gasteiger partial charge in [0.2, 0.25) is 0 Å². The first-order chi connectivity index (χ1) is 8.35. The summed E-state index contributed by atoms with van der Waals surface area (Å²) >= 11 is 0. The van der Waals surface area contributed by atoms with Gasteiger partial charge in [0.1, 0.15) is 5.75 Å². The maximum Gasteiger partial charge on any atom is 0.124 e. The lowest BCUT2D eigenvalue weighted by Crippen LogP contribution is -2.35. The topological polar surface area (TPSA) is 41.5 Å². The maximum atomic E-state index is 9.03. The first kappa shape index (κ1) is 12.4. The van der Waals surface area contributed by atoms with Crippen molar-refractivity contribution in [1.82, 2.24) is 5.32 Å². The van der Waals surface area contributed by atoms with E-state index in [-0.39, 0.29) is 6.61 Å². The molecule has 0 saturated heterocycles. The largest absolute Gasteiger partial charge is 0.493 e. The molecule has 94 valence electrons. The van der Waals surface area contributed by atoms with Gasteiger partial charge in [0.15, 0.2) is 0 Å². The summed E-state index contributed by atoms with van der Waals surface area (Å²) in [5.74, 6) is 0.995. The second-order valence-electron chi connectivity index (χ2n) is 4.51. The van der Waals surface area contributed by atoms with E-state index in [9.17, 15) is 0 Å². The van der Waals surface area contributed by atoms with Crippen LogP contribution in [-0.2, 0) is 0 Å². The number of rotatable bonds is 5. The molecular formula is C14H21NO2. The van der Waals surface area contributed by atoms with Crippen LogP contribution in [0.5, 0.6) is 5.75 Å². The molecule has 3 heteroatoms. The third-order valence-corrected chi connectivity index (χ3v) is 3.37. The van der Waals surface area contributed by atoms with Crippen molar-refractivity contribution in [3.63, 3.8) is 0 Å². The molecule has 1 aromatic rings. The highest BCUT2D eigenvalue weighted by atomic mass is 16.5. The van der Waals surface area contributed by atoms with Crippen LogP contribution in [0.2, 0.25) is 0 Å². The summed E-state index contributed by atoms with van der Waals surface area (Å²) in [5, 5.41) is 12.7. The van der Waals surface area contributed by atoms with Crippen LogP contribution in [0.4, 0.5) is 0 Å².